The maximum atomic E-state index is 12.8. The molecule has 1 saturated heterocycles. The third-order valence-electron chi connectivity index (χ3n) is 5.01. The van der Waals surface area contributed by atoms with Gasteiger partial charge in [-0.25, -0.2) is 8.42 Å². The van der Waals surface area contributed by atoms with Gasteiger partial charge in [0.25, 0.3) is 0 Å². The zero-order chi connectivity index (χ0) is 19.7. The molecule has 1 unspecified atom stereocenters. The first-order chi connectivity index (χ1) is 11.9. The molecule has 1 heterocycles. The summed E-state index contributed by atoms with van der Waals surface area (Å²) in [5.74, 6) is -0.342. The third kappa shape index (κ3) is 4.44. The van der Waals surface area contributed by atoms with Crippen molar-refractivity contribution in [3.63, 3.8) is 0 Å². The topological polar surface area (TPSA) is 83.6 Å². The lowest BCUT2D eigenvalue weighted by atomic mass is 9.89. The van der Waals surface area contributed by atoms with E-state index in [4.69, 9.17) is 0 Å². The highest BCUT2D eigenvalue weighted by molar-refractivity contribution is 7.91. The van der Waals surface area contributed by atoms with Crippen LogP contribution >= 0.6 is 0 Å². The predicted octanol–water partition coefficient (Wildman–Crippen LogP) is 2.42. The maximum Gasteiger partial charge on any atom is 0.239 e. The molecule has 1 fully saturated rings. The molecular formula is C19H28N2O4S. The normalized spacial score (nSPS) is 19.4. The Kier molecular flexibility index (Phi) is 5.80. The van der Waals surface area contributed by atoms with Gasteiger partial charge in [0.2, 0.25) is 11.8 Å². The quantitative estimate of drug-likeness (QED) is 0.795. The lowest BCUT2D eigenvalue weighted by molar-refractivity contribution is -0.146. The highest BCUT2D eigenvalue weighted by Crippen LogP contribution is 2.26. The van der Waals surface area contributed by atoms with E-state index >= 15 is 0 Å². The molecule has 0 aliphatic carbocycles. The molecule has 2 rings (SSSR count). The Labute approximate surface area is 155 Å². The Morgan fingerprint density at radius 3 is 2.23 bits per heavy atom. The zero-order valence-electron chi connectivity index (χ0n) is 16.1. The second-order valence-electron chi connectivity index (χ2n) is 7.83. The van der Waals surface area contributed by atoms with Crippen LogP contribution in [-0.4, -0.2) is 49.7 Å². The number of carbonyl (C=O) groups is 2. The Morgan fingerprint density at radius 1 is 1.19 bits per heavy atom. The highest BCUT2D eigenvalue weighted by atomic mass is 32.2. The van der Waals surface area contributed by atoms with Crippen LogP contribution in [0.1, 0.15) is 45.6 Å². The van der Waals surface area contributed by atoms with Gasteiger partial charge in [-0.05, 0) is 43.9 Å². The van der Waals surface area contributed by atoms with Gasteiger partial charge in [0.15, 0.2) is 9.84 Å². The lowest BCUT2D eigenvalue weighted by Gasteiger charge is -2.31. The van der Waals surface area contributed by atoms with Gasteiger partial charge in [-0.3, -0.25) is 9.59 Å². The molecule has 0 bridgehead atoms. The standard InChI is InChI=1S/C19H28N2O4S/c1-13(2)14-6-8-15(9-7-14)20-17(22)19(3,4)18(23)21(5)16-10-11-26(24,25)12-16/h6-9,13,16H,10-12H2,1-5H3,(H,20,22). The molecule has 1 N–H and O–H groups in total. The van der Waals surface area contributed by atoms with E-state index in [1.165, 1.54) is 10.5 Å². The summed E-state index contributed by atoms with van der Waals surface area (Å²) in [4.78, 5) is 26.9. The number of sulfone groups is 1. The smallest absolute Gasteiger partial charge is 0.239 e. The molecular weight excluding hydrogens is 352 g/mol. The maximum absolute atomic E-state index is 12.8. The fourth-order valence-electron chi connectivity index (χ4n) is 3.02. The molecule has 2 amide bonds. The van der Waals surface area contributed by atoms with Crippen molar-refractivity contribution in [2.24, 2.45) is 5.41 Å². The largest absolute Gasteiger partial charge is 0.341 e. The minimum atomic E-state index is -3.09. The van der Waals surface area contributed by atoms with Crippen LogP contribution in [0.25, 0.3) is 0 Å². The summed E-state index contributed by atoms with van der Waals surface area (Å²) in [6.45, 7) is 7.31. The number of carbonyl (C=O) groups excluding carboxylic acids is 2. The number of anilines is 1. The summed E-state index contributed by atoms with van der Waals surface area (Å²) in [5, 5.41) is 2.79. The summed E-state index contributed by atoms with van der Waals surface area (Å²) < 4.78 is 23.3. The average Bonchev–Trinajstić information content (AvgIpc) is 2.93. The predicted molar refractivity (Wildman–Crippen MR) is 103 cm³/mol. The molecule has 7 heteroatoms. The molecule has 26 heavy (non-hydrogen) atoms. The van der Waals surface area contributed by atoms with Gasteiger partial charge in [0, 0.05) is 18.8 Å². The number of hydrogen-bond donors (Lipinski definition) is 1. The van der Waals surface area contributed by atoms with E-state index in [1.807, 2.05) is 24.3 Å². The lowest BCUT2D eigenvalue weighted by Crippen LogP contribution is -2.49. The summed E-state index contributed by atoms with van der Waals surface area (Å²) in [6.07, 6.45) is 0.416. The van der Waals surface area contributed by atoms with Gasteiger partial charge in [-0.15, -0.1) is 0 Å². The van der Waals surface area contributed by atoms with Gasteiger partial charge in [0.05, 0.1) is 11.5 Å². The molecule has 0 saturated carbocycles. The van der Waals surface area contributed by atoms with E-state index < -0.39 is 21.2 Å². The van der Waals surface area contributed by atoms with Crippen LogP contribution in [0.5, 0.6) is 0 Å². The van der Waals surface area contributed by atoms with Crippen LogP contribution in [0, 0.1) is 5.41 Å². The molecule has 0 aromatic heterocycles. The summed E-state index contributed by atoms with van der Waals surface area (Å²) in [7, 11) is -1.52. The van der Waals surface area contributed by atoms with E-state index in [0.717, 1.165) is 0 Å². The summed E-state index contributed by atoms with van der Waals surface area (Å²) >= 11 is 0. The number of nitrogens with one attached hydrogen (secondary N) is 1. The summed E-state index contributed by atoms with van der Waals surface area (Å²) in [5.41, 5.74) is 0.504. The Hall–Kier alpha value is -1.89. The number of amides is 2. The fourth-order valence-corrected chi connectivity index (χ4v) is 4.80. The first-order valence-electron chi connectivity index (χ1n) is 8.83. The van der Waals surface area contributed by atoms with Crippen molar-refractivity contribution < 1.29 is 18.0 Å². The van der Waals surface area contributed by atoms with Crippen molar-refractivity contribution >= 4 is 27.3 Å². The number of rotatable bonds is 5. The molecule has 1 aliphatic heterocycles. The van der Waals surface area contributed by atoms with Crippen LogP contribution in [0.15, 0.2) is 24.3 Å². The second kappa shape index (κ2) is 7.39. The van der Waals surface area contributed by atoms with Crippen molar-refractivity contribution in [1.29, 1.82) is 0 Å². The molecule has 1 aromatic rings. The Morgan fingerprint density at radius 2 is 1.77 bits per heavy atom. The van der Waals surface area contributed by atoms with E-state index in [-0.39, 0.29) is 23.5 Å². The van der Waals surface area contributed by atoms with Crippen molar-refractivity contribution in [1.82, 2.24) is 4.90 Å². The van der Waals surface area contributed by atoms with Crippen molar-refractivity contribution in [2.45, 2.75) is 46.1 Å². The van der Waals surface area contributed by atoms with Gasteiger partial charge >= 0.3 is 0 Å². The van der Waals surface area contributed by atoms with Crippen molar-refractivity contribution in [3.05, 3.63) is 29.8 Å². The van der Waals surface area contributed by atoms with E-state index in [9.17, 15) is 18.0 Å². The first-order valence-corrected chi connectivity index (χ1v) is 10.7. The highest BCUT2D eigenvalue weighted by Gasteiger charge is 2.42. The number of benzene rings is 1. The zero-order valence-corrected chi connectivity index (χ0v) is 16.9. The molecule has 144 valence electrons. The van der Waals surface area contributed by atoms with Crippen LogP contribution in [-0.2, 0) is 19.4 Å². The number of nitrogens with zero attached hydrogens (tertiary/aromatic N) is 1. The molecule has 0 radical (unpaired) electrons. The van der Waals surface area contributed by atoms with Crippen LogP contribution in [0.3, 0.4) is 0 Å². The molecule has 1 aromatic carbocycles. The monoisotopic (exact) mass is 380 g/mol. The van der Waals surface area contributed by atoms with Gasteiger partial charge < -0.3 is 10.2 Å². The van der Waals surface area contributed by atoms with Crippen LogP contribution in [0.4, 0.5) is 5.69 Å². The molecule has 1 atom stereocenters. The van der Waals surface area contributed by atoms with Gasteiger partial charge in [-0.2, -0.15) is 0 Å². The SMILES string of the molecule is CC(C)c1ccc(NC(=O)C(C)(C)C(=O)N(C)C2CCS(=O)(=O)C2)cc1. The molecule has 6 nitrogen and oxygen atoms in total. The average molecular weight is 381 g/mol. The number of hydrogen-bond acceptors (Lipinski definition) is 4. The third-order valence-corrected chi connectivity index (χ3v) is 6.76. The first kappa shape index (κ1) is 20.4. The second-order valence-corrected chi connectivity index (χ2v) is 10.1. The van der Waals surface area contributed by atoms with E-state index in [1.54, 1.807) is 20.9 Å². The Balaban J connectivity index is 2.07. The molecule has 0 spiro atoms. The Bertz CT molecular complexity index is 782. The van der Waals surface area contributed by atoms with Gasteiger partial charge in [0.1, 0.15) is 5.41 Å². The minimum Gasteiger partial charge on any atom is -0.341 e. The van der Waals surface area contributed by atoms with Gasteiger partial charge in [-0.1, -0.05) is 26.0 Å². The van der Waals surface area contributed by atoms with Crippen molar-refractivity contribution in [3.8, 4) is 0 Å². The summed E-state index contributed by atoms with van der Waals surface area (Å²) in [6, 6.07) is 7.17. The van der Waals surface area contributed by atoms with Crippen LogP contribution < -0.4 is 5.32 Å². The van der Waals surface area contributed by atoms with E-state index in [2.05, 4.69) is 19.2 Å². The van der Waals surface area contributed by atoms with Crippen LogP contribution in [0.2, 0.25) is 0 Å². The molecule has 1 aliphatic rings. The minimum absolute atomic E-state index is 0.0381. The van der Waals surface area contributed by atoms with E-state index in [0.29, 0.717) is 18.0 Å². The van der Waals surface area contributed by atoms with Crippen molar-refractivity contribution in [2.75, 3.05) is 23.9 Å². The fraction of sp³-hybridized carbons (Fsp3) is 0.579.